The molecule has 2 rings (SSSR count). The Morgan fingerprint density at radius 3 is 2.20 bits per heavy atom. The highest BCUT2D eigenvalue weighted by molar-refractivity contribution is 9.11. The largest absolute Gasteiger partial charge is 0.389 e. The average molecular weight is 473 g/mol. The number of anilines is 1. The van der Waals surface area contributed by atoms with Crippen molar-refractivity contribution in [1.82, 2.24) is 4.90 Å². The van der Waals surface area contributed by atoms with Crippen molar-refractivity contribution in [2.45, 2.75) is 12.2 Å². The molecule has 1 aromatic rings. The fourth-order valence-electron chi connectivity index (χ4n) is 2.02. The maximum Gasteiger partial charge on any atom is 0.238 e. The highest BCUT2D eigenvalue weighted by Gasteiger charge is 2.30. The maximum absolute atomic E-state index is 12.0. The maximum atomic E-state index is 12.0. The highest BCUT2D eigenvalue weighted by atomic mass is 79.9. The fourth-order valence-corrected chi connectivity index (χ4v) is 4.48. The van der Waals surface area contributed by atoms with Crippen molar-refractivity contribution in [3.8, 4) is 0 Å². The number of hydrogen-bond acceptors (Lipinski definition) is 4. The van der Waals surface area contributed by atoms with Crippen LogP contribution >= 0.6 is 47.8 Å². The van der Waals surface area contributed by atoms with E-state index in [9.17, 15) is 15.0 Å². The summed E-state index contributed by atoms with van der Waals surface area (Å²) in [7, 11) is 0. The molecule has 1 saturated heterocycles. The quantitative estimate of drug-likeness (QED) is 0.629. The molecule has 3 N–H and O–H groups in total. The van der Waals surface area contributed by atoms with Crippen LogP contribution in [0.25, 0.3) is 0 Å². The van der Waals surface area contributed by atoms with Gasteiger partial charge in [-0.2, -0.15) is 0 Å². The van der Waals surface area contributed by atoms with E-state index in [2.05, 4.69) is 53.1 Å². The Bertz CT molecular complexity index is 494. The summed E-state index contributed by atoms with van der Waals surface area (Å²) in [5.74, 6) is -0.199. The van der Waals surface area contributed by atoms with Crippen LogP contribution in [-0.2, 0) is 4.79 Å². The van der Waals surface area contributed by atoms with Crippen LogP contribution < -0.4 is 5.32 Å². The van der Waals surface area contributed by atoms with E-state index in [1.165, 1.54) is 0 Å². The van der Waals surface area contributed by atoms with E-state index in [0.29, 0.717) is 18.8 Å². The number of nitrogens with zero attached hydrogens (tertiary/aromatic N) is 1. The monoisotopic (exact) mass is 470 g/mol. The summed E-state index contributed by atoms with van der Waals surface area (Å²) in [5, 5.41) is 21.7. The molecule has 0 saturated carbocycles. The van der Waals surface area contributed by atoms with Gasteiger partial charge in [0.15, 0.2) is 0 Å². The van der Waals surface area contributed by atoms with Gasteiger partial charge in [0.05, 0.1) is 24.4 Å². The molecule has 1 fully saturated rings. The minimum atomic E-state index is -0.783. The van der Waals surface area contributed by atoms with Crippen molar-refractivity contribution in [2.24, 2.45) is 0 Å². The standard InChI is InChI=1S/C12H13Br3N2O3/c13-6-1-7(14)12(8(15)2-6)16-11(20)5-17-3-9(18)10(19)4-17/h1-2,9-10,18-19H,3-5H2,(H,16,20)/t9-,10+. The van der Waals surface area contributed by atoms with Gasteiger partial charge in [-0.05, 0) is 44.0 Å². The number of aliphatic hydroxyl groups excluding tert-OH is 2. The van der Waals surface area contributed by atoms with Crippen LogP contribution in [0.3, 0.4) is 0 Å². The van der Waals surface area contributed by atoms with Gasteiger partial charge in [-0.25, -0.2) is 0 Å². The van der Waals surface area contributed by atoms with E-state index < -0.39 is 12.2 Å². The molecule has 5 nitrogen and oxygen atoms in total. The lowest BCUT2D eigenvalue weighted by Crippen LogP contribution is -2.32. The van der Waals surface area contributed by atoms with Gasteiger partial charge >= 0.3 is 0 Å². The second-order valence-electron chi connectivity index (χ2n) is 4.62. The summed E-state index contributed by atoms with van der Waals surface area (Å²) in [5.41, 5.74) is 0.651. The van der Waals surface area contributed by atoms with Gasteiger partial charge in [0.2, 0.25) is 5.91 Å². The van der Waals surface area contributed by atoms with Gasteiger partial charge in [0.25, 0.3) is 0 Å². The van der Waals surface area contributed by atoms with Crippen LogP contribution in [0.1, 0.15) is 0 Å². The van der Waals surface area contributed by atoms with Crippen LogP contribution in [0.4, 0.5) is 5.69 Å². The zero-order chi connectivity index (χ0) is 14.9. The van der Waals surface area contributed by atoms with Crippen LogP contribution in [0.2, 0.25) is 0 Å². The topological polar surface area (TPSA) is 72.8 Å². The van der Waals surface area contributed by atoms with E-state index in [4.69, 9.17) is 0 Å². The molecule has 0 unspecified atom stereocenters. The Balaban J connectivity index is 1.99. The van der Waals surface area contributed by atoms with E-state index >= 15 is 0 Å². The van der Waals surface area contributed by atoms with Gasteiger partial charge in [0.1, 0.15) is 0 Å². The molecular weight excluding hydrogens is 460 g/mol. The van der Waals surface area contributed by atoms with E-state index in [1.807, 2.05) is 12.1 Å². The van der Waals surface area contributed by atoms with Crippen molar-refractivity contribution in [3.05, 3.63) is 25.6 Å². The molecular formula is C12H13Br3N2O3. The Morgan fingerprint density at radius 2 is 1.70 bits per heavy atom. The third kappa shape index (κ3) is 4.02. The SMILES string of the molecule is O=C(CN1C[C@@H](O)[C@@H](O)C1)Nc1c(Br)cc(Br)cc1Br. The van der Waals surface area contributed by atoms with Crippen molar-refractivity contribution < 1.29 is 15.0 Å². The van der Waals surface area contributed by atoms with E-state index in [0.717, 1.165) is 13.4 Å². The van der Waals surface area contributed by atoms with Crippen molar-refractivity contribution in [1.29, 1.82) is 0 Å². The summed E-state index contributed by atoms with van der Waals surface area (Å²) < 4.78 is 2.40. The lowest BCUT2D eigenvalue weighted by molar-refractivity contribution is -0.117. The summed E-state index contributed by atoms with van der Waals surface area (Å²) in [6.45, 7) is 0.734. The Labute approximate surface area is 141 Å². The van der Waals surface area contributed by atoms with Crippen molar-refractivity contribution in [2.75, 3.05) is 25.0 Å². The minimum Gasteiger partial charge on any atom is -0.389 e. The second kappa shape index (κ2) is 6.85. The van der Waals surface area contributed by atoms with Gasteiger partial charge in [-0.1, -0.05) is 15.9 Å². The number of benzene rings is 1. The predicted octanol–water partition coefficient (Wildman–Crippen LogP) is 1.95. The lowest BCUT2D eigenvalue weighted by Gasteiger charge is -2.15. The molecule has 0 aliphatic carbocycles. The number of rotatable bonds is 3. The third-order valence-electron chi connectivity index (χ3n) is 2.97. The normalized spacial score (nSPS) is 23.1. The van der Waals surface area contributed by atoms with Gasteiger partial charge in [-0.3, -0.25) is 9.69 Å². The fraction of sp³-hybridized carbons (Fsp3) is 0.417. The first-order valence-corrected chi connectivity index (χ1v) is 8.27. The van der Waals surface area contributed by atoms with Crippen LogP contribution in [0.5, 0.6) is 0 Å². The summed E-state index contributed by atoms with van der Waals surface area (Å²) >= 11 is 10.1. The zero-order valence-corrected chi connectivity index (χ0v) is 15.1. The van der Waals surface area contributed by atoms with Crippen LogP contribution in [0, 0.1) is 0 Å². The number of amides is 1. The highest BCUT2D eigenvalue weighted by Crippen LogP contribution is 2.34. The number of carbonyl (C=O) groups excluding carboxylic acids is 1. The molecule has 110 valence electrons. The molecule has 0 aromatic heterocycles. The Morgan fingerprint density at radius 1 is 1.20 bits per heavy atom. The molecule has 1 aliphatic heterocycles. The second-order valence-corrected chi connectivity index (χ2v) is 7.25. The van der Waals surface area contributed by atoms with Crippen molar-refractivity contribution >= 4 is 59.4 Å². The van der Waals surface area contributed by atoms with E-state index in [1.54, 1.807) is 4.90 Å². The smallest absolute Gasteiger partial charge is 0.238 e. The summed E-state index contributed by atoms with van der Waals surface area (Å²) in [6.07, 6.45) is -1.57. The van der Waals surface area contributed by atoms with Gasteiger partial charge < -0.3 is 15.5 Å². The summed E-state index contributed by atoms with van der Waals surface area (Å²) in [6, 6.07) is 3.67. The van der Waals surface area contributed by atoms with Gasteiger partial charge in [0, 0.05) is 26.5 Å². The summed E-state index contributed by atoms with van der Waals surface area (Å²) in [4.78, 5) is 13.7. The number of likely N-dealkylation sites (tertiary alicyclic amines) is 1. The molecule has 20 heavy (non-hydrogen) atoms. The molecule has 2 atom stereocenters. The first-order chi connectivity index (χ1) is 9.36. The molecule has 1 heterocycles. The number of halogens is 3. The van der Waals surface area contributed by atoms with E-state index in [-0.39, 0.29) is 12.5 Å². The first kappa shape index (κ1) is 16.4. The number of nitrogens with one attached hydrogen (secondary N) is 1. The number of hydrogen-bond donors (Lipinski definition) is 3. The lowest BCUT2D eigenvalue weighted by atomic mass is 10.3. The average Bonchev–Trinajstić information content (AvgIpc) is 2.63. The molecule has 1 aliphatic rings. The van der Waals surface area contributed by atoms with Crippen LogP contribution in [0.15, 0.2) is 25.6 Å². The first-order valence-electron chi connectivity index (χ1n) is 5.89. The molecule has 8 heteroatoms. The number of carbonyl (C=O) groups is 1. The van der Waals surface area contributed by atoms with Gasteiger partial charge in [-0.15, -0.1) is 0 Å². The van der Waals surface area contributed by atoms with Crippen molar-refractivity contribution in [3.63, 3.8) is 0 Å². The zero-order valence-electron chi connectivity index (χ0n) is 10.3. The molecule has 1 amide bonds. The van der Waals surface area contributed by atoms with Crippen LogP contribution in [-0.4, -0.2) is 52.9 Å². The molecule has 1 aromatic carbocycles. The molecule has 0 bridgehead atoms. The predicted molar refractivity (Wildman–Crippen MR) is 86.6 cm³/mol. The Hall–Kier alpha value is 0.0100. The minimum absolute atomic E-state index is 0.128. The third-order valence-corrected chi connectivity index (χ3v) is 4.68. The molecule has 0 radical (unpaired) electrons. The number of β-amino-alcohol motifs (C(OH)–C–C–N with tert-alkyl or cyclic N) is 2. The number of aliphatic hydroxyl groups is 2. The Kier molecular flexibility index (Phi) is 5.61. The molecule has 0 spiro atoms.